The van der Waals surface area contributed by atoms with Crippen molar-refractivity contribution in [1.29, 1.82) is 0 Å². The number of hydrogen-bond acceptors (Lipinski definition) is 7. The Hall–Kier alpha value is -2.14. The van der Waals surface area contributed by atoms with Gasteiger partial charge in [0.2, 0.25) is 5.89 Å². The third kappa shape index (κ3) is 5.65. The molecule has 0 saturated carbocycles. The van der Waals surface area contributed by atoms with Crippen LogP contribution in [0.2, 0.25) is 5.02 Å². The first-order valence-corrected chi connectivity index (χ1v) is 15.3. The Kier molecular flexibility index (Phi) is 7.65. The summed E-state index contributed by atoms with van der Waals surface area (Å²) >= 11 is 10.5. The van der Waals surface area contributed by atoms with E-state index in [1.807, 2.05) is 37.7 Å². The maximum atomic E-state index is 12.6. The van der Waals surface area contributed by atoms with Gasteiger partial charge >= 0.3 is 6.09 Å². The first-order chi connectivity index (χ1) is 19.1. The molecule has 3 atom stereocenters. The summed E-state index contributed by atoms with van der Waals surface area (Å²) in [4.78, 5) is 18.8. The standard InChI is InChI=1S/C29H36BrClN4O5/c1-28(2,3)40-27(36)34-11-6-10-29(17-34)14-23(39-29)26-32-15-18(38-26)8-9-19-21(31)13-22-20(25(19)30)16-33-35(22)24-7-4-5-12-37-24/h13,15-16,23-24H,4-12,14,17H2,1-3H3/t23-,24?,29+/m1/s1. The van der Waals surface area contributed by atoms with E-state index in [9.17, 15) is 4.79 Å². The predicted molar refractivity (Wildman–Crippen MR) is 153 cm³/mol. The van der Waals surface area contributed by atoms with Gasteiger partial charge in [-0.2, -0.15) is 5.10 Å². The van der Waals surface area contributed by atoms with Gasteiger partial charge in [-0.05, 0) is 86.9 Å². The van der Waals surface area contributed by atoms with Crippen LogP contribution in [0.1, 0.15) is 88.8 Å². The van der Waals surface area contributed by atoms with Gasteiger partial charge in [-0.3, -0.25) is 0 Å². The van der Waals surface area contributed by atoms with E-state index in [-0.39, 0.29) is 24.0 Å². The Morgan fingerprint density at radius 2 is 2.08 bits per heavy atom. The number of amides is 1. The minimum Gasteiger partial charge on any atom is -0.444 e. The monoisotopic (exact) mass is 634 g/mol. The van der Waals surface area contributed by atoms with Crippen molar-refractivity contribution in [3.63, 3.8) is 0 Å². The number of carbonyl (C=O) groups is 1. The number of carbonyl (C=O) groups excluding carboxylic acids is 1. The number of oxazole rings is 1. The molecule has 1 spiro atoms. The zero-order valence-corrected chi connectivity index (χ0v) is 25.6. The first kappa shape index (κ1) is 28.0. The molecule has 1 aromatic carbocycles. The van der Waals surface area contributed by atoms with Crippen LogP contribution in [0.5, 0.6) is 0 Å². The van der Waals surface area contributed by atoms with E-state index in [1.165, 1.54) is 0 Å². The molecule has 11 heteroatoms. The third-order valence-electron chi connectivity index (χ3n) is 7.92. The molecular formula is C29H36BrClN4O5. The minimum absolute atomic E-state index is 0.0467. The van der Waals surface area contributed by atoms with Crippen LogP contribution in [0.3, 0.4) is 0 Å². The van der Waals surface area contributed by atoms with E-state index in [4.69, 9.17) is 30.2 Å². The number of halogens is 2. The molecule has 3 aromatic rings. The molecular weight excluding hydrogens is 600 g/mol. The Bertz CT molecular complexity index is 1390. The summed E-state index contributed by atoms with van der Waals surface area (Å²) in [5.74, 6) is 1.37. The van der Waals surface area contributed by atoms with Gasteiger partial charge in [0.05, 0.1) is 30.1 Å². The number of benzene rings is 1. The summed E-state index contributed by atoms with van der Waals surface area (Å²) in [6, 6.07) is 1.99. The zero-order valence-electron chi connectivity index (χ0n) is 23.3. The van der Waals surface area contributed by atoms with Crippen molar-refractivity contribution in [2.45, 2.75) is 95.7 Å². The van der Waals surface area contributed by atoms with E-state index in [1.54, 1.807) is 11.1 Å². The van der Waals surface area contributed by atoms with Gasteiger partial charge in [0.25, 0.3) is 0 Å². The number of likely N-dealkylation sites (tertiary alicyclic amines) is 1. The highest BCUT2D eigenvalue weighted by molar-refractivity contribution is 9.10. The molecule has 6 rings (SSSR count). The molecule has 0 radical (unpaired) electrons. The van der Waals surface area contributed by atoms with Gasteiger partial charge in [0.1, 0.15) is 17.5 Å². The van der Waals surface area contributed by atoms with E-state index in [0.717, 1.165) is 71.8 Å². The van der Waals surface area contributed by atoms with Crippen LogP contribution in [0.25, 0.3) is 10.9 Å². The summed E-state index contributed by atoms with van der Waals surface area (Å²) in [5.41, 5.74) is 1.12. The molecule has 1 unspecified atom stereocenters. The molecule has 0 N–H and O–H groups in total. The summed E-state index contributed by atoms with van der Waals surface area (Å²) in [6.45, 7) is 7.62. The average Bonchev–Trinajstić information content (AvgIpc) is 3.54. The van der Waals surface area contributed by atoms with Crippen LogP contribution >= 0.6 is 27.5 Å². The molecule has 0 aliphatic carbocycles. The summed E-state index contributed by atoms with van der Waals surface area (Å²) in [5, 5.41) is 6.33. The maximum absolute atomic E-state index is 12.6. The third-order valence-corrected chi connectivity index (χ3v) is 9.17. The average molecular weight is 636 g/mol. The fraction of sp³-hybridized carbons (Fsp3) is 0.621. The molecule has 1 amide bonds. The topological polar surface area (TPSA) is 91.9 Å². The van der Waals surface area contributed by atoms with E-state index >= 15 is 0 Å². The molecule has 3 saturated heterocycles. The molecule has 5 heterocycles. The van der Waals surface area contributed by atoms with Crippen LogP contribution in [0, 0.1) is 0 Å². The van der Waals surface area contributed by atoms with Crippen LogP contribution in [-0.2, 0) is 27.1 Å². The summed E-state index contributed by atoms with van der Waals surface area (Å²) < 4.78 is 26.8. The van der Waals surface area contributed by atoms with E-state index < -0.39 is 5.60 Å². The Balaban J connectivity index is 1.07. The van der Waals surface area contributed by atoms with Crippen molar-refractivity contribution in [1.82, 2.24) is 19.7 Å². The van der Waals surface area contributed by atoms with Gasteiger partial charge in [0.15, 0.2) is 6.23 Å². The lowest BCUT2D eigenvalue weighted by Gasteiger charge is -2.51. The zero-order chi connectivity index (χ0) is 28.1. The normalized spacial score (nSPS) is 25.4. The molecule has 40 heavy (non-hydrogen) atoms. The number of ether oxygens (including phenoxy) is 3. The molecule has 9 nitrogen and oxygen atoms in total. The highest BCUT2D eigenvalue weighted by atomic mass is 79.9. The number of fused-ring (bicyclic) bond motifs is 1. The number of aryl methyl sites for hydroxylation is 1. The lowest BCUT2D eigenvalue weighted by atomic mass is 9.82. The molecule has 0 bridgehead atoms. The van der Waals surface area contributed by atoms with Crippen molar-refractivity contribution >= 4 is 44.5 Å². The number of nitrogens with zero attached hydrogens (tertiary/aromatic N) is 4. The lowest BCUT2D eigenvalue weighted by molar-refractivity contribution is -0.236. The molecule has 216 valence electrons. The molecule has 2 aromatic heterocycles. The van der Waals surface area contributed by atoms with Gasteiger partial charge in [-0.25, -0.2) is 14.5 Å². The smallest absolute Gasteiger partial charge is 0.410 e. The fourth-order valence-electron chi connectivity index (χ4n) is 5.98. The van der Waals surface area contributed by atoms with Gasteiger partial charge in [-0.1, -0.05) is 11.6 Å². The van der Waals surface area contributed by atoms with Gasteiger partial charge in [-0.15, -0.1) is 0 Å². The molecule has 3 fully saturated rings. The number of piperidine rings is 1. The van der Waals surface area contributed by atoms with Gasteiger partial charge in [0, 0.05) is 40.9 Å². The lowest BCUT2D eigenvalue weighted by Crippen LogP contribution is -2.58. The SMILES string of the molecule is CC(C)(C)OC(=O)N1CCC[C@]2(C[C@H](c3ncc(CCc4c(Cl)cc5c(cnn5C5CCCCO5)c4Br)o3)O2)C1. The fourth-order valence-corrected chi connectivity index (χ4v) is 7.10. The van der Waals surface area contributed by atoms with E-state index in [0.29, 0.717) is 36.8 Å². The van der Waals surface area contributed by atoms with Gasteiger partial charge < -0.3 is 23.5 Å². The molecule has 3 aliphatic heterocycles. The summed E-state index contributed by atoms with van der Waals surface area (Å²) in [6.07, 6.45) is 10.2. The summed E-state index contributed by atoms with van der Waals surface area (Å²) in [7, 11) is 0. The van der Waals surface area contributed by atoms with Crippen molar-refractivity contribution in [2.75, 3.05) is 19.7 Å². The number of rotatable bonds is 5. The first-order valence-electron chi connectivity index (χ1n) is 14.2. The van der Waals surface area contributed by atoms with Crippen LogP contribution in [0.15, 0.2) is 27.3 Å². The van der Waals surface area contributed by atoms with Crippen LogP contribution in [0.4, 0.5) is 4.79 Å². The number of aromatic nitrogens is 3. The maximum Gasteiger partial charge on any atom is 0.410 e. The molecule has 3 aliphatic rings. The van der Waals surface area contributed by atoms with Crippen molar-refractivity contribution in [3.05, 3.63) is 45.2 Å². The Morgan fingerprint density at radius 1 is 1.25 bits per heavy atom. The largest absolute Gasteiger partial charge is 0.444 e. The second-order valence-electron chi connectivity index (χ2n) is 12.2. The Morgan fingerprint density at radius 3 is 2.83 bits per heavy atom. The second-order valence-corrected chi connectivity index (χ2v) is 13.4. The second kappa shape index (κ2) is 10.9. The van der Waals surface area contributed by atoms with Crippen LogP contribution in [-0.4, -0.2) is 56.7 Å². The van der Waals surface area contributed by atoms with Crippen LogP contribution < -0.4 is 0 Å². The van der Waals surface area contributed by atoms with Crippen molar-refractivity contribution in [3.8, 4) is 0 Å². The van der Waals surface area contributed by atoms with Crippen molar-refractivity contribution < 1.29 is 23.4 Å². The highest BCUT2D eigenvalue weighted by Gasteiger charge is 2.51. The Labute approximate surface area is 247 Å². The van der Waals surface area contributed by atoms with E-state index in [2.05, 4.69) is 26.0 Å². The quantitative estimate of drug-likeness (QED) is 0.294. The minimum atomic E-state index is -0.517. The number of hydrogen-bond donors (Lipinski definition) is 0. The highest BCUT2D eigenvalue weighted by Crippen LogP contribution is 2.48. The predicted octanol–water partition coefficient (Wildman–Crippen LogP) is 7.16. The van der Waals surface area contributed by atoms with Crippen molar-refractivity contribution in [2.24, 2.45) is 0 Å².